The lowest BCUT2D eigenvalue weighted by atomic mass is 10.2. The maximum Gasteiger partial charge on any atom is 0.124 e. The fourth-order valence-corrected chi connectivity index (χ4v) is 2.93. The van der Waals surface area contributed by atoms with Crippen LogP contribution in [-0.2, 0) is 13.2 Å². The molecule has 3 aromatic carbocycles. The summed E-state index contributed by atoms with van der Waals surface area (Å²) in [7, 11) is 0. The van der Waals surface area contributed by atoms with E-state index in [4.69, 9.17) is 27.9 Å². The number of hydrogen-bond acceptors (Lipinski definition) is 2. The second kappa shape index (κ2) is 8.61. The lowest BCUT2D eigenvalue weighted by molar-refractivity contribution is 0.303. The van der Waals surface area contributed by atoms with Crippen molar-refractivity contribution in [3.63, 3.8) is 0 Å². The molecule has 0 heterocycles. The molecule has 0 aliphatic rings. The van der Waals surface area contributed by atoms with E-state index in [0.29, 0.717) is 23.2 Å². The summed E-state index contributed by atoms with van der Waals surface area (Å²) in [4.78, 5) is 0. The van der Waals surface area contributed by atoms with Crippen LogP contribution in [0, 0.1) is 0 Å². The SMILES string of the molecule is Clc1ccc(COc2ccccc2CNc2ccc(Br)cc2)cc1Cl. The van der Waals surface area contributed by atoms with Crippen LogP contribution in [0.1, 0.15) is 11.1 Å². The van der Waals surface area contributed by atoms with Gasteiger partial charge in [-0.25, -0.2) is 0 Å². The molecule has 3 rings (SSSR count). The summed E-state index contributed by atoms with van der Waals surface area (Å²) in [6.45, 7) is 1.12. The highest BCUT2D eigenvalue weighted by Gasteiger charge is 2.05. The Morgan fingerprint density at radius 1 is 0.880 bits per heavy atom. The average molecular weight is 437 g/mol. The van der Waals surface area contributed by atoms with E-state index in [1.807, 2.05) is 54.6 Å². The molecule has 0 aliphatic heterocycles. The van der Waals surface area contributed by atoms with Crippen molar-refractivity contribution in [3.8, 4) is 5.75 Å². The van der Waals surface area contributed by atoms with Gasteiger partial charge >= 0.3 is 0 Å². The zero-order valence-electron chi connectivity index (χ0n) is 13.3. The highest BCUT2D eigenvalue weighted by Crippen LogP contribution is 2.25. The van der Waals surface area contributed by atoms with E-state index >= 15 is 0 Å². The van der Waals surface area contributed by atoms with E-state index in [1.54, 1.807) is 6.07 Å². The van der Waals surface area contributed by atoms with Crippen molar-refractivity contribution >= 4 is 44.8 Å². The predicted octanol–water partition coefficient (Wildman–Crippen LogP) is 6.95. The van der Waals surface area contributed by atoms with Gasteiger partial charge in [0.05, 0.1) is 10.0 Å². The fraction of sp³-hybridized carbons (Fsp3) is 0.100. The zero-order chi connectivity index (χ0) is 17.6. The van der Waals surface area contributed by atoms with Crippen LogP contribution in [0.4, 0.5) is 5.69 Å². The Bertz CT molecular complexity index is 853. The summed E-state index contributed by atoms with van der Waals surface area (Å²) in [5.41, 5.74) is 3.12. The molecule has 0 spiro atoms. The van der Waals surface area contributed by atoms with Crippen molar-refractivity contribution in [2.45, 2.75) is 13.2 Å². The monoisotopic (exact) mass is 435 g/mol. The summed E-state index contributed by atoms with van der Waals surface area (Å²) in [5, 5.41) is 4.48. The third-order valence-corrected chi connectivity index (χ3v) is 4.95. The second-order valence-electron chi connectivity index (χ2n) is 5.51. The molecule has 0 amide bonds. The first-order valence-electron chi connectivity index (χ1n) is 7.76. The van der Waals surface area contributed by atoms with E-state index < -0.39 is 0 Å². The first-order chi connectivity index (χ1) is 12.1. The first kappa shape index (κ1) is 18.1. The Hall–Kier alpha value is -1.68. The van der Waals surface area contributed by atoms with Crippen molar-refractivity contribution in [1.29, 1.82) is 0 Å². The third kappa shape index (κ3) is 5.15. The van der Waals surface area contributed by atoms with Gasteiger partial charge < -0.3 is 10.1 Å². The first-order valence-corrected chi connectivity index (χ1v) is 9.31. The van der Waals surface area contributed by atoms with Crippen molar-refractivity contribution in [2.24, 2.45) is 0 Å². The molecule has 2 nitrogen and oxygen atoms in total. The maximum atomic E-state index is 6.05. The largest absolute Gasteiger partial charge is 0.489 e. The minimum Gasteiger partial charge on any atom is -0.489 e. The topological polar surface area (TPSA) is 21.3 Å². The Labute approximate surface area is 165 Å². The third-order valence-electron chi connectivity index (χ3n) is 3.68. The molecule has 1 N–H and O–H groups in total. The summed E-state index contributed by atoms with van der Waals surface area (Å²) in [6, 6.07) is 21.6. The number of halogens is 3. The van der Waals surface area contributed by atoms with Crippen molar-refractivity contribution < 1.29 is 4.74 Å². The van der Waals surface area contributed by atoms with Crippen LogP contribution in [0.15, 0.2) is 71.2 Å². The number of rotatable bonds is 6. The minimum atomic E-state index is 0.437. The number of anilines is 1. The van der Waals surface area contributed by atoms with Crippen LogP contribution >= 0.6 is 39.1 Å². The van der Waals surface area contributed by atoms with E-state index in [9.17, 15) is 0 Å². The van der Waals surface area contributed by atoms with Gasteiger partial charge in [0.1, 0.15) is 12.4 Å². The number of nitrogens with one attached hydrogen (secondary N) is 1. The van der Waals surface area contributed by atoms with Gasteiger partial charge in [0.25, 0.3) is 0 Å². The van der Waals surface area contributed by atoms with Crippen LogP contribution in [-0.4, -0.2) is 0 Å². The van der Waals surface area contributed by atoms with Crippen molar-refractivity contribution in [2.75, 3.05) is 5.32 Å². The molecule has 0 bridgehead atoms. The summed E-state index contributed by atoms with van der Waals surface area (Å²) >= 11 is 15.4. The highest BCUT2D eigenvalue weighted by atomic mass is 79.9. The van der Waals surface area contributed by atoms with Gasteiger partial charge in [-0.2, -0.15) is 0 Å². The second-order valence-corrected chi connectivity index (χ2v) is 7.24. The van der Waals surface area contributed by atoms with Crippen LogP contribution < -0.4 is 10.1 Å². The molecule has 0 fully saturated rings. The quantitative estimate of drug-likeness (QED) is 0.451. The smallest absolute Gasteiger partial charge is 0.124 e. The van der Waals surface area contributed by atoms with Gasteiger partial charge in [0.2, 0.25) is 0 Å². The summed E-state index contributed by atoms with van der Waals surface area (Å²) in [6.07, 6.45) is 0. The van der Waals surface area contributed by atoms with E-state index in [1.165, 1.54) is 0 Å². The molecular formula is C20H16BrCl2NO. The van der Waals surface area contributed by atoms with Gasteiger partial charge in [-0.3, -0.25) is 0 Å². The van der Waals surface area contributed by atoms with Gasteiger partial charge in [-0.15, -0.1) is 0 Å². The number of ether oxygens (including phenoxy) is 1. The normalized spacial score (nSPS) is 10.5. The Morgan fingerprint density at radius 2 is 1.64 bits per heavy atom. The van der Waals surface area contributed by atoms with Gasteiger partial charge in [0, 0.05) is 22.3 Å². The molecule has 0 aliphatic carbocycles. The Morgan fingerprint density at radius 3 is 2.40 bits per heavy atom. The van der Waals surface area contributed by atoms with Crippen LogP contribution in [0.5, 0.6) is 5.75 Å². The van der Waals surface area contributed by atoms with Crippen molar-refractivity contribution in [1.82, 2.24) is 0 Å². The molecule has 128 valence electrons. The lowest BCUT2D eigenvalue weighted by Crippen LogP contribution is -2.03. The standard InChI is InChI=1S/C20H16BrCl2NO/c21-16-6-8-17(9-7-16)24-12-15-3-1-2-4-20(15)25-13-14-5-10-18(22)19(23)11-14/h1-11,24H,12-13H2. The molecule has 0 saturated carbocycles. The van der Waals surface area contributed by atoms with Crippen LogP contribution in [0.3, 0.4) is 0 Å². The minimum absolute atomic E-state index is 0.437. The fourth-order valence-electron chi connectivity index (χ4n) is 2.35. The Kier molecular flexibility index (Phi) is 6.24. The Balaban J connectivity index is 1.65. The van der Waals surface area contributed by atoms with E-state index in [0.717, 1.165) is 27.0 Å². The average Bonchev–Trinajstić information content (AvgIpc) is 2.63. The molecule has 0 saturated heterocycles. The number of hydrogen-bond donors (Lipinski definition) is 1. The molecule has 3 aromatic rings. The molecule has 5 heteroatoms. The lowest BCUT2D eigenvalue weighted by Gasteiger charge is -2.13. The predicted molar refractivity (Wildman–Crippen MR) is 109 cm³/mol. The number of benzene rings is 3. The van der Waals surface area contributed by atoms with Crippen LogP contribution in [0.25, 0.3) is 0 Å². The molecule has 0 atom stereocenters. The van der Waals surface area contributed by atoms with Crippen LogP contribution in [0.2, 0.25) is 10.0 Å². The summed E-state index contributed by atoms with van der Waals surface area (Å²) < 4.78 is 7.04. The molecular weight excluding hydrogens is 421 g/mol. The summed E-state index contributed by atoms with van der Waals surface area (Å²) in [5.74, 6) is 0.846. The zero-order valence-corrected chi connectivity index (χ0v) is 16.4. The molecule has 0 unspecified atom stereocenters. The number of para-hydroxylation sites is 1. The molecule has 0 radical (unpaired) electrons. The van der Waals surface area contributed by atoms with Gasteiger partial charge in [0.15, 0.2) is 0 Å². The van der Waals surface area contributed by atoms with Gasteiger partial charge in [-0.1, -0.05) is 63.4 Å². The van der Waals surface area contributed by atoms with E-state index in [2.05, 4.69) is 27.3 Å². The maximum absolute atomic E-state index is 6.05. The van der Waals surface area contributed by atoms with Gasteiger partial charge in [-0.05, 0) is 48.0 Å². The molecule has 0 aromatic heterocycles. The van der Waals surface area contributed by atoms with E-state index in [-0.39, 0.29) is 0 Å². The molecule has 25 heavy (non-hydrogen) atoms. The van der Waals surface area contributed by atoms with Crippen molar-refractivity contribution in [3.05, 3.63) is 92.4 Å². The highest BCUT2D eigenvalue weighted by molar-refractivity contribution is 9.10.